The molecule has 0 saturated heterocycles. The molecule has 0 nitrogen and oxygen atoms in total. The second kappa shape index (κ2) is 4.29. The summed E-state index contributed by atoms with van der Waals surface area (Å²) in [6, 6.07) is 0. The average molecular weight is 188 g/mol. The number of hydrogen-bond acceptors (Lipinski definition) is 0. The molecule has 1 rings (SSSR count). The Hall–Kier alpha value is -0.585. The summed E-state index contributed by atoms with van der Waals surface area (Å²) in [4.78, 5) is 0. The van der Waals surface area contributed by atoms with Gasteiger partial charge in [-0.25, -0.2) is 0 Å². The summed E-state index contributed by atoms with van der Waals surface area (Å²) >= 11 is 0. The predicted molar refractivity (Wildman–Crippen MR) is 67.1 cm³/mol. The number of allylic oxidation sites excluding steroid dienone is 4. The van der Waals surface area contributed by atoms with Gasteiger partial charge in [-0.2, -0.15) is 0 Å². The molecule has 0 aromatic rings. The fourth-order valence-electron chi connectivity index (χ4n) is 2.14. The average Bonchev–Trinajstić information content (AvgIpc) is 2.19. The monoisotopic (exact) mass is 188 g/mol. The third-order valence-electron chi connectivity index (χ3n) is 3.86. The summed E-state index contributed by atoms with van der Waals surface area (Å²) in [5.41, 5.74) is 3.31. The van der Waals surface area contributed by atoms with E-state index < -0.39 is 0 Å². The van der Waals surface area contributed by atoms with E-state index in [2.05, 4.69) is 46.3 Å². The molecule has 0 saturated carbocycles. The Morgan fingerprint density at radius 2 is 2.14 bits per heavy atom. The van der Waals surface area contributed by atoms with E-state index in [9.17, 15) is 0 Å². The Balaban J connectivity index is 2.84. The van der Waals surface area contributed by atoms with E-state index >= 15 is 0 Å². The van der Waals surface area contributed by atoms with Crippen molar-refractivity contribution in [3.05, 3.63) is 23.3 Å². The third-order valence-corrected chi connectivity index (χ3v) is 3.86. The Labute approximate surface area is 89.0 Å². The van der Waals surface area contributed by atoms with Crippen LogP contribution in [0.3, 0.4) is 0 Å². The van der Waals surface area contributed by atoms with Gasteiger partial charge in [0.05, 0.1) is 0 Å². The molecule has 0 amide bonds. The number of hydrogen-bond donors (Lipinski definition) is 0. The molecule has 2 unspecified atom stereocenters. The van der Waals surface area contributed by atoms with Crippen LogP contribution in [0.2, 0.25) is 6.32 Å². The van der Waals surface area contributed by atoms with Crippen LogP contribution in [0.25, 0.3) is 0 Å². The summed E-state index contributed by atoms with van der Waals surface area (Å²) in [6.45, 7) is 15.0. The molecule has 0 fully saturated rings. The molecular weight excluding hydrogens is 167 g/mol. The van der Waals surface area contributed by atoms with E-state index in [-0.39, 0.29) is 0 Å². The van der Waals surface area contributed by atoms with Crippen molar-refractivity contribution in [2.24, 2.45) is 11.3 Å². The van der Waals surface area contributed by atoms with Crippen molar-refractivity contribution in [3.8, 4) is 0 Å². The van der Waals surface area contributed by atoms with E-state index in [4.69, 9.17) is 0 Å². The standard InChI is InChI=1S/C13H21B/c1-10-6-7-13(4,8-9-14-5)12(3)11(10)2/h6-7,12H,5,8-9H2,1-4H3. The van der Waals surface area contributed by atoms with Crippen molar-refractivity contribution < 1.29 is 0 Å². The topological polar surface area (TPSA) is 0 Å². The second-order valence-electron chi connectivity index (χ2n) is 4.75. The van der Waals surface area contributed by atoms with Crippen LogP contribution in [0.1, 0.15) is 34.1 Å². The van der Waals surface area contributed by atoms with Gasteiger partial charge in [-0.3, -0.25) is 0 Å². The molecule has 1 heteroatoms. The van der Waals surface area contributed by atoms with E-state index in [1.165, 1.54) is 12.0 Å². The zero-order valence-corrected chi connectivity index (χ0v) is 9.93. The maximum absolute atomic E-state index is 3.80. The van der Waals surface area contributed by atoms with Gasteiger partial charge in [0.15, 0.2) is 0 Å². The fourth-order valence-corrected chi connectivity index (χ4v) is 2.14. The molecule has 0 N–H and O–H groups in total. The van der Waals surface area contributed by atoms with Crippen LogP contribution in [-0.4, -0.2) is 13.4 Å². The van der Waals surface area contributed by atoms with Crippen molar-refractivity contribution in [1.82, 2.24) is 0 Å². The van der Waals surface area contributed by atoms with Gasteiger partial charge in [0.1, 0.15) is 0 Å². The van der Waals surface area contributed by atoms with Gasteiger partial charge < -0.3 is 0 Å². The Morgan fingerprint density at radius 1 is 1.50 bits per heavy atom. The molecule has 1 aliphatic carbocycles. The first-order chi connectivity index (χ1) is 6.51. The summed E-state index contributed by atoms with van der Waals surface area (Å²) < 4.78 is 0. The number of rotatable bonds is 3. The molecule has 0 bridgehead atoms. The zero-order chi connectivity index (χ0) is 10.8. The minimum absolute atomic E-state index is 0.331. The van der Waals surface area contributed by atoms with Crippen molar-refractivity contribution in [1.29, 1.82) is 0 Å². The molecule has 0 aromatic carbocycles. The van der Waals surface area contributed by atoms with Crippen LogP contribution in [-0.2, 0) is 0 Å². The molecule has 76 valence electrons. The van der Waals surface area contributed by atoms with Crippen LogP contribution in [0.4, 0.5) is 0 Å². The Bertz CT molecular complexity index is 286. The zero-order valence-electron chi connectivity index (χ0n) is 9.93. The molecule has 14 heavy (non-hydrogen) atoms. The molecule has 0 aromatic heterocycles. The van der Waals surface area contributed by atoms with Crippen molar-refractivity contribution in [2.75, 3.05) is 0 Å². The van der Waals surface area contributed by atoms with Crippen LogP contribution >= 0.6 is 0 Å². The van der Waals surface area contributed by atoms with Crippen LogP contribution in [0, 0.1) is 11.3 Å². The first kappa shape index (κ1) is 11.5. The molecule has 0 spiro atoms. The van der Waals surface area contributed by atoms with Crippen LogP contribution in [0.5, 0.6) is 0 Å². The third kappa shape index (κ3) is 2.08. The van der Waals surface area contributed by atoms with Gasteiger partial charge in [0, 0.05) is 0 Å². The molecule has 1 aliphatic rings. The first-order valence-electron chi connectivity index (χ1n) is 5.49. The molecule has 0 heterocycles. The van der Waals surface area contributed by atoms with Crippen LogP contribution < -0.4 is 0 Å². The molecule has 0 aliphatic heterocycles. The van der Waals surface area contributed by atoms with Gasteiger partial charge in [-0.15, -0.1) is 0 Å². The summed E-state index contributed by atoms with van der Waals surface area (Å²) in [6.07, 6.45) is 6.97. The minimum atomic E-state index is 0.331. The van der Waals surface area contributed by atoms with E-state index in [0.29, 0.717) is 11.3 Å². The molecular formula is C13H21B. The van der Waals surface area contributed by atoms with E-state index in [1.807, 2.05) is 6.92 Å². The van der Waals surface area contributed by atoms with Crippen molar-refractivity contribution in [3.63, 3.8) is 0 Å². The van der Waals surface area contributed by atoms with Gasteiger partial charge in [0.25, 0.3) is 0 Å². The Morgan fingerprint density at radius 3 is 2.71 bits per heavy atom. The van der Waals surface area contributed by atoms with E-state index in [0.717, 1.165) is 6.32 Å². The van der Waals surface area contributed by atoms with Crippen LogP contribution in [0.15, 0.2) is 23.3 Å². The quantitative estimate of drug-likeness (QED) is 0.595. The normalized spacial score (nSPS) is 31.9. The van der Waals surface area contributed by atoms with Gasteiger partial charge in [-0.05, 0) is 0 Å². The van der Waals surface area contributed by atoms with Crippen molar-refractivity contribution in [2.45, 2.75) is 40.4 Å². The molecule has 2 atom stereocenters. The summed E-state index contributed by atoms with van der Waals surface area (Å²) in [7, 11) is 0. The predicted octanol–water partition coefficient (Wildman–Crippen LogP) is 3.48. The fraction of sp³-hybridized carbons (Fsp3) is 0.615. The first-order valence-corrected chi connectivity index (χ1v) is 5.49. The van der Waals surface area contributed by atoms with E-state index in [1.54, 1.807) is 5.57 Å². The van der Waals surface area contributed by atoms with Gasteiger partial charge in [0.2, 0.25) is 0 Å². The SMILES string of the molecule is C=BCCC1(C)C=CC(C)=C(C)C1C. The maximum atomic E-state index is 3.80. The second-order valence-corrected chi connectivity index (χ2v) is 4.75. The van der Waals surface area contributed by atoms with Crippen molar-refractivity contribution >= 4 is 13.4 Å². The summed E-state index contributed by atoms with van der Waals surface area (Å²) in [5, 5.41) is 0. The van der Waals surface area contributed by atoms with Gasteiger partial charge >= 0.3 is 88.5 Å². The van der Waals surface area contributed by atoms with Gasteiger partial charge in [-0.1, -0.05) is 0 Å². The molecule has 0 radical (unpaired) electrons. The Kier molecular flexibility index (Phi) is 3.52. The summed E-state index contributed by atoms with van der Waals surface area (Å²) in [5.74, 6) is 0.660.